The lowest BCUT2D eigenvalue weighted by Gasteiger charge is -2.41. The van der Waals surface area contributed by atoms with Crippen LogP contribution in [-0.4, -0.2) is 35.6 Å². The van der Waals surface area contributed by atoms with E-state index in [2.05, 4.69) is 37.4 Å². The maximum absolute atomic E-state index is 13.4. The van der Waals surface area contributed by atoms with Crippen molar-refractivity contribution in [3.63, 3.8) is 0 Å². The van der Waals surface area contributed by atoms with E-state index < -0.39 is 5.97 Å². The highest BCUT2D eigenvalue weighted by atomic mass is 16.4. The maximum Gasteiger partial charge on any atom is 0.356 e. The predicted octanol–water partition coefficient (Wildman–Crippen LogP) is 1.81. The second-order valence-electron chi connectivity index (χ2n) is 7.74. The van der Waals surface area contributed by atoms with Crippen molar-refractivity contribution in [3.05, 3.63) is 64.5 Å². The van der Waals surface area contributed by atoms with Gasteiger partial charge in [-0.1, -0.05) is 18.2 Å². The molecule has 1 saturated carbocycles. The van der Waals surface area contributed by atoms with Gasteiger partial charge >= 0.3 is 5.97 Å². The number of nitrogens with one attached hydrogen (secondary N) is 1. The molecule has 1 aliphatic heterocycles. The molecule has 4 heterocycles. The fourth-order valence-electron chi connectivity index (χ4n) is 5.16. The monoisotopic (exact) mass is 388 g/mol. The molecule has 3 aliphatic rings. The van der Waals surface area contributed by atoms with Gasteiger partial charge in [-0.15, -0.1) is 0 Å². The van der Waals surface area contributed by atoms with Crippen LogP contribution in [0.2, 0.25) is 0 Å². The molecule has 0 amide bonds. The Balaban J connectivity index is 1.59. The first-order valence-corrected chi connectivity index (χ1v) is 9.50. The van der Waals surface area contributed by atoms with Crippen LogP contribution in [0, 0.1) is 17.8 Å². The molecule has 0 saturated heterocycles. The fourth-order valence-corrected chi connectivity index (χ4v) is 5.16. The normalized spacial score (nSPS) is 28.8. The van der Waals surface area contributed by atoms with Crippen LogP contribution in [0.25, 0.3) is 11.2 Å². The van der Waals surface area contributed by atoms with Crippen molar-refractivity contribution < 1.29 is 9.90 Å². The smallest absolute Gasteiger partial charge is 0.356 e. The Bertz CT molecular complexity index is 1250. The van der Waals surface area contributed by atoms with E-state index in [4.69, 9.17) is 0 Å². The second-order valence-corrected chi connectivity index (χ2v) is 7.74. The minimum atomic E-state index is -1.23. The molecule has 0 radical (unpaired) electrons. The highest BCUT2D eigenvalue weighted by Gasteiger charge is 2.53. The molecule has 6 rings (SSSR count). The van der Waals surface area contributed by atoms with Gasteiger partial charge in [0.05, 0.1) is 24.0 Å². The van der Waals surface area contributed by atoms with Crippen LogP contribution in [0.3, 0.4) is 0 Å². The van der Waals surface area contributed by atoms with Gasteiger partial charge in [0.15, 0.2) is 16.9 Å². The third-order valence-electron chi connectivity index (χ3n) is 6.28. The van der Waals surface area contributed by atoms with Crippen molar-refractivity contribution in [2.24, 2.45) is 17.8 Å². The Hall–Kier alpha value is -3.62. The molecule has 2 N–H and O–H groups in total. The lowest BCUT2D eigenvalue weighted by molar-refractivity contribution is 0.0690. The Kier molecular flexibility index (Phi) is 3.21. The lowest BCUT2D eigenvalue weighted by atomic mass is 9.80. The molecule has 5 atom stereocenters. The van der Waals surface area contributed by atoms with Crippen LogP contribution in [0.4, 0.5) is 5.95 Å². The standard InChI is InChI=1S/C20H16N6O3/c27-18-15-17(22-8-12(23-15)19(28)29)25-20-24-14(11-3-1-2-6-21-11)13-9-4-5-10(7-9)16(13)26(18)20/h1-6,8-10,13-14,16H,7H2,(H,28,29)(H,22,24,25). The highest BCUT2D eigenvalue weighted by molar-refractivity contribution is 5.87. The van der Waals surface area contributed by atoms with E-state index >= 15 is 0 Å². The zero-order chi connectivity index (χ0) is 19.7. The maximum atomic E-state index is 13.4. The summed E-state index contributed by atoms with van der Waals surface area (Å²) < 4.78 is 1.65. The van der Waals surface area contributed by atoms with E-state index in [9.17, 15) is 14.7 Å². The quantitative estimate of drug-likeness (QED) is 0.637. The molecule has 0 aromatic carbocycles. The van der Waals surface area contributed by atoms with Crippen LogP contribution in [-0.2, 0) is 0 Å². The molecule has 144 valence electrons. The van der Waals surface area contributed by atoms with E-state index in [0.717, 1.165) is 18.3 Å². The Morgan fingerprint density at radius 3 is 2.83 bits per heavy atom. The molecule has 29 heavy (non-hydrogen) atoms. The highest BCUT2D eigenvalue weighted by Crippen LogP contribution is 2.57. The van der Waals surface area contributed by atoms with Gasteiger partial charge in [0.2, 0.25) is 5.95 Å². The zero-order valence-electron chi connectivity index (χ0n) is 15.1. The van der Waals surface area contributed by atoms with E-state index in [0.29, 0.717) is 11.9 Å². The summed E-state index contributed by atoms with van der Waals surface area (Å²) in [5, 5.41) is 12.6. The third kappa shape index (κ3) is 2.21. The summed E-state index contributed by atoms with van der Waals surface area (Å²) >= 11 is 0. The molecule has 0 spiro atoms. The summed E-state index contributed by atoms with van der Waals surface area (Å²) in [5.74, 6) is -0.0744. The number of anilines is 1. The summed E-state index contributed by atoms with van der Waals surface area (Å²) in [4.78, 5) is 41.8. The fraction of sp³-hybridized carbons (Fsp3) is 0.300. The number of carbonyl (C=O) groups is 1. The third-order valence-corrected chi connectivity index (χ3v) is 6.28. The van der Waals surface area contributed by atoms with Gasteiger partial charge in [-0.25, -0.2) is 14.8 Å². The number of rotatable bonds is 2. The van der Waals surface area contributed by atoms with Crippen molar-refractivity contribution in [1.29, 1.82) is 0 Å². The van der Waals surface area contributed by atoms with Crippen molar-refractivity contribution in [2.75, 3.05) is 5.32 Å². The number of fused-ring (bicyclic) bond motifs is 8. The number of hydrogen-bond acceptors (Lipinski definition) is 7. The van der Waals surface area contributed by atoms with Crippen molar-refractivity contribution in [3.8, 4) is 0 Å². The number of pyridine rings is 1. The second kappa shape index (κ2) is 5.69. The van der Waals surface area contributed by atoms with Gasteiger partial charge in [-0.05, 0) is 30.4 Å². The van der Waals surface area contributed by atoms with Gasteiger partial charge in [-0.3, -0.25) is 14.3 Å². The molecule has 9 nitrogen and oxygen atoms in total. The Labute approximate surface area is 164 Å². The van der Waals surface area contributed by atoms with Crippen LogP contribution in [0.1, 0.15) is 34.7 Å². The Morgan fingerprint density at radius 1 is 1.17 bits per heavy atom. The summed E-state index contributed by atoms with van der Waals surface area (Å²) in [6.07, 6.45) is 8.27. The van der Waals surface area contributed by atoms with Gasteiger partial charge in [-0.2, -0.15) is 4.98 Å². The number of nitrogens with zero attached hydrogens (tertiary/aromatic N) is 5. The van der Waals surface area contributed by atoms with E-state index in [1.807, 2.05) is 18.2 Å². The molecule has 2 bridgehead atoms. The van der Waals surface area contributed by atoms with Crippen molar-refractivity contribution >= 4 is 23.1 Å². The van der Waals surface area contributed by atoms with E-state index in [1.54, 1.807) is 10.8 Å². The summed E-state index contributed by atoms with van der Waals surface area (Å²) in [5.41, 5.74) is 0.407. The van der Waals surface area contributed by atoms with E-state index in [1.165, 1.54) is 0 Å². The number of aromatic carboxylic acids is 1. The predicted molar refractivity (Wildman–Crippen MR) is 102 cm³/mol. The Morgan fingerprint density at radius 2 is 2.03 bits per heavy atom. The largest absolute Gasteiger partial charge is 0.476 e. The van der Waals surface area contributed by atoms with Gasteiger partial charge in [0.1, 0.15) is 0 Å². The van der Waals surface area contributed by atoms with E-state index in [-0.39, 0.29) is 46.3 Å². The number of carboxylic acids is 1. The minimum Gasteiger partial charge on any atom is -0.476 e. The van der Waals surface area contributed by atoms with Crippen LogP contribution < -0.4 is 10.9 Å². The zero-order valence-corrected chi connectivity index (χ0v) is 15.1. The SMILES string of the molecule is O=C(O)c1cnc2nc3n(c(=O)c2n1)C1C2C=CC(C2)C1C(c1ccccn1)N3. The van der Waals surface area contributed by atoms with Gasteiger partial charge in [0.25, 0.3) is 5.56 Å². The van der Waals surface area contributed by atoms with Gasteiger partial charge in [0, 0.05) is 12.1 Å². The minimum absolute atomic E-state index is 0.0164. The first-order valence-electron chi connectivity index (χ1n) is 9.50. The van der Waals surface area contributed by atoms with Crippen molar-refractivity contribution in [2.45, 2.75) is 18.5 Å². The van der Waals surface area contributed by atoms with Crippen LogP contribution in [0.5, 0.6) is 0 Å². The molecule has 2 aliphatic carbocycles. The van der Waals surface area contributed by atoms with Crippen LogP contribution >= 0.6 is 0 Å². The first kappa shape index (κ1) is 16.3. The molecular formula is C20H16N6O3. The summed E-state index contributed by atoms with van der Waals surface area (Å²) in [6.45, 7) is 0. The number of hydrogen-bond donors (Lipinski definition) is 2. The number of allylic oxidation sites excluding steroid dienone is 2. The first-order chi connectivity index (χ1) is 14.1. The molecular weight excluding hydrogens is 372 g/mol. The molecule has 3 aromatic rings. The topological polar surface area (TPSA) is 123 Å². The summed E-state index contributed by atoms with van der Waals surface area (Å²) in [7, 11) is 0. The molecule has 9 heteroatoms. The lowest BCUT2D eigenvalue weighted by Crippen LogP contribution is -2.44. The number of carboxylic acid groups (broad SMARTS) is 1. The average Bonchev–Trinajstić information content (AvgIpc) is 3.36. The number of aromatic nitrogens is 5. The summed E-state index contributed by atoms with van der Waals surface area (Å²) in [6, 6.07) is 5.67. The molecule has 1 fully saturated rings. The average molecular weight is 388 g/mol. The molecule has 5 unspecified atom stereocenters. The van der Waals surface area contributed by atoms with Crippen molar-refractivity contribution in [1.82, 2.24) is 24.5 Å². The van der Waals surface area contributed by atoms with Crippen LogP contribution in [0.15, 0.2) is 47.5 Å². The molecule has 3 aromatic heterocycles. The van der Waals surface area contributed by atoms with Gasteiger partial charge < -0.3 is 10.4 Å².